The molecule has 4 aliphatic rings. The van der Waals surface area contributed by atoms with Gasteiger partial charge in [-0.2, -0.15) is 0 Å². The van der Waals surface area contributed by atoms with Crippen molar-refractivity contribution in [2.24, 2.45) is 35.5 Å². The van der Waals surface area contributed by atoms with Gasteiger partial charge in [0.15, 0.2) is 5.78 Å². The summed E-state index contributed by atoms with van der Waals surface area (Å²) in [7, 11) is 2.92. The zero-order valence-corrected chi connectivity index (χ0v) is 41.5. The van der Waals surface area contributed by atoms with Crippen molar-refractivity contribution in [1.29, 1.82) is 0 Å². The number of Topliss-reactive ketones (excluding diaryl/α,β-unsaturated/α-hetero) is 3. The van der Waals surface area contributed by atoms with E-state index in [-0.39, 0.29) is 68.0 Å². The molecule has 0 radical (unpaired) electrons. The van der Waals surface area contributed by atoms with Gasteiger partial charge >= 0.3 is 5.97 Å². The molecular weight excluding hydrogens is 863 g/mol. The maximum Gasteiger partial charge on any atom is 0.329 e. The largest absolute Gasteiger partial charge is 0.460 e. The van der Waals surface area contributed by atoms with E-state index in [1.54, 1.807) is 40.9 Å². The minimum atomic E-state index is -2.41. The molecule has 67 heavy (non-hydrogen) atoms. The predicted octanol–water partition coefficient (Wildman–Crippen LogP) is 5.54. The van der Waals surface area contributed by atoms with Gasteiger partial charge in [-0.15, -0.1) is 0 Å². The molecule has 4 rings (SSSR count). The van der Waals surface area contributed by atoms with Gasteiger partial charge in [0.1, 0.15) is 30.1 Å². The number of fused-ring (bicyclic) bond motifs is 3. The van der Waals surface area contributed by atoms with Crippen molar-refractivity contribution in [3.05, 3.63) is 47.6 Å². The van der Waals surface area contributed by atoms with Crippen LogP contribution in [0.25, 0.3) is 0 Å². The van der Waals surface area contributed by atoms with Crippen molar-refractivity contribution in [2.45, 2.75) is 180 Å². The van der Waals surface area contributed by atoms with Crippen LogP contribution in [0.15, 0.2) is 47.6 Å². The molecule has 0 aromatic rings. The second-order valence-electron chi connectivity index (χ2n) is 19.9. The Morgan fingerprint density at radius 1 is 0.925 bits per heavy atom. The van der Waals surface area contributed by atoms with Gasteiger partial charge in [-0.3, -0.25) is 19.2 Å². The molecule has 15 atom stereocenters. The number of amides is 1. The van der Waals surface area contributed by atoms with Crippen LogP contribution in [0, 0.1) is 35.5 Å². The molecule has 2 bridgehead atoms. The van der Waals surface area contributed by atoms with Crippen molar-refractivity contribution in [2.75, 3.05) is 34.0 Å². The lowest BCUT2D eigenvalue weighted by atomic mass is 9.78. The van der Waals surface area contributed by atoms with Crippen molar-refractivity contribution in [3.8, 4) is 0 Å². The first kappa shape index (κ1) is 56.2. The number of hydrogen-bond donors (Lipinski definition) is 4. The van der Waals surface area contributed by atoms with Gasteiger partial charge in [-0.05, 0) is 108 Å². The maximum atomic E-state index is 14.4. The molecule has 0 spiro atoms. The Labute approximate surface area is 398 Å². The van der Waals surface area contributed by atoms with Crippen molar-refractivity contribution in [1.82, 2.24) is 4.90 Å². The fourth-order valence-corrected chi connectivity index (χ4v) is 10.2. The van der Waals surface area contributed by atoms with Gasteiger partial charge in [0.05, 0.1) is 37.6 Å². The Kier molecular flexibility index (Phi) is 22.3. The molecule has 15 heteroatoms. The van der Waals surface area contributed by atoms with Gasteiger partial charge in [0.2, 0.25) is 5.79 Å². The molecule has 2 saturated heterocycles. The van der Waals surface area contributed by atoms with Crippen molar-refractivity contribution in [3.63, 3.8) is 0 Å². The fraction of sp³-hybridized carbons (Fsp3) is 0.750. The number of ether oxygens (including phenoxy) is 5. The Bertz CT molecular complexity index is 1790. The number of aliphatic hydroxyl groups is 4. The zero-order valence-electron chi connectivity index (χ0n) is 41.5. The van der Waals surface area contributed by atoms with Gasteiger partial charge in [-0.25, -0.2) is 4.79 Å². The molecule has 4 N–H and O–H groups in total. The molecule has 15 nitrogen and oxygen atoms in total. The quantitative estimate of drug-likeness (QED) is 0.134. The number of nitrogens with zero attached hydrogens (tertiary/aromatic N) is 1. The maximum absolute atomic E-state index is 14.4. The number of hydrogen-bond acceptors (Lipinski definition) is 14. The number of rotatable bonds is 8. The number of cyclic esters (lactones) is 1. The highest BCUT2D eigenvalue weighted by molar-refractivity contribution is 6.39. The highest BCUT2D eigenvalue weighted by Gasteiger charge is 2.53. The van der Waals surface area contributed by atoms with Crippen LogP contribution < -0.4 is 0 Å². The van der Waals surface area contributed by atoms with Crippen LogP contribution in [-0.4, -0.2) is 143 Å². The Morgan fingerprint density at radius 2 is 1.66 bits per heavy atom. The molecule has 0 aromatic carbocycles. The second kappa shape index (κ2) is 26.5. The summed E-state index contributed by atoms with van der Waals surface area (Å²) >= 11 is 0. The normalized spacial score (nSPS) is 39.6. The van der Waals surface area contributed by atoms with Crippen LogP contribution in [0.5, 0.6) is 0 Å². The summed E-state index contributed by atoms with van der Waals surface area (Å²) in [4.78, 5) is 71.9. The van der Waals surface area contributed by atoms with E-state index in [1.807, 2.05) is 51.2 Å². The van der Waals surface area contributed by atoms with Gasteiger partial charge in [0, 0.05) is 44.9 Å². The summed E-state index contributed by atoms with van der Waals surface area (Å²) < 4.78 is 29.5. The first-order valence-corrected chi connectivity index (χ1v) is 24.6. The molecule has 1 aliphatic carbocycles. The number of allylic oxidation sites excluding steroid dienone is 5. The Hall–Kier alpha value is -3.41. The van der Waals surface area contributed by atoms with E-state index in [2.05, 4.69) is 0 Å². The minimum Gasteiger partial charge on any atom is -0.460 e. The molecular formula is C52H81NO14. The summed E-state index contributed by atoms with van der Waals surface area (Å²) in [5.74, 6) is -8.38. The highest BCUT2D eigenvalue weighted by atomic mass is 16.6. The first-order chi connectivity index (χ1) is 31.7. The van der Waals surface area contributed by atoms with E-state index < -0.39 is 83.9 Å². The lowest BCUT2D eigenvalue weighted by Gasteiger charge is -2.42. The molecule has 3 aliphatic heterocycles. The SMILES string of the molecule is CO[C@@H]1C[C@H](C[C@@H](C)[C@@H]2CC(=O)[C@H](C)/C=C(\C)[C@@H](O)[C@@H](OC)C(=O)[C@H](C)C[C@H](C)C(OCCO)/C=C/C=C/C(C)=C/C[C@@H]3CC[C@@H](C)[C@@](O)(O3)C(=O)C(=O)N3CCCC[C@H]3C(=O)O2)CC[C@H]1O. The first-order valence-electron chi connectivity index (χ1n) is 24.6. The number of piperidine rings is 1. The Balaban J connectivity index is 1.71. The van der Waals surface area contributed by atoms with Crippen molar-refractivity contribution >= 4 is 29.2 Å². The third-order valence-corrected chi connectivity index (χ3v) is 14.6. The van der Waals surface area contributed by atoms with Crippen LogP contribution in [0.1, 0.15) is 126 Å². The number of carbonyl (C=O) groups excluding carboxylic acids is 5. The summed E-state index contributed by atoms with van der Waals surface area (Å²) in [5.41, 5.74) is 1.23. The molecule has 1 unspecified atom stereocenters. The number of esters is 1. The standard InChI is InChI=1S/C52H81NO14/c1-31-14-10-11-16-43(65-25-24-54)33(3)27-36(6)47(58)48(64-9)46(57)35(5)26-32(2)42(56)30-44(34(4)28-38-19-22-41(55)45(29-38)63-8)66-51(61)40-15-12-13-23-53(40)50(60)49(59)52(62)37(7)18-21-39(67-52)20-17-31/h10-11,14,16-17,26,32-34,36-41,43-46,48,54-55,57,62H,12-13,15,18-25,27-30H2,1-9H3/b14-10+,16-11+,31-17+,35-26+/t32-,33+,34-,36-,37-,38+,39-,40+,41-,43?,44+,45-,46-,48-,52-/m1/s1. The summed E-state index contributed by atoms with van der Waals surface area (Å²) in [6, 6.07) is -1.14. The lowest BCUT2D eigenvalue weighted by molar-refractivity contribution is -0.262. The molecule has 1 saturated carbocycles. The van der Waals surface area contributed by atoms with Gasteiger partial charge in [-0.1, -0.05) is 76.6 Å². The topological polar surface area (TPSA) is 216 Å². The van der Waals surface area contributed by atoms with Crippen molar-refractivity contribution < 1.29 is 68.1 Å². The molecule has 0 aromatic heterocycles. The van der Waals surface area contributed by atoms with Gasteiger partial charge < -0.3 is 49.0 Å². The van der Waals surface area contributed by atoms with E-state index in [1.165, 1.54) is 12.0 Å². The zero-order chi connectivity index (χ0) is 49.6. The number of aliphatic hydroxyl groups excluding tert-OH is 3. The van der Waals surface area contributed by atoms with E-state index in [0.717, 1.165) is 5.57 Å². The van der Waals surface area contributed by atoms with Gasteiger partial charge in [0.25, 0.3) is 11.7 Å². The number of ketones is 3. The molecule has 1 amide bonds. The molecule has 3 heterocycles. The van der Waals surface area contributed by atoms with E-state index >= 15 is 0 Å². The molecule has 378 valence electrons. The highest BCUT2D eigenvalue weighted by Crippen LogP contribution is 2.37. The van der Waals surface area contributed by atoms with Crippen LogP contribution in [-0.2, 0) is 47.7 Å². The number of carbonyl (C=O) groups is 5. The Morgan fingerprint density at radius 3 is 2.34 bits per heavy atom. The minimum absolute atomic E-state index is 0.0866. The summed E-state index contributed by atoms with van der Waals surface area (Å²) in [5, 5.41) is 43.4. The second-order valence-corrected chi connectivity index (χ2v) is 19.9. The summed E-state index contributed by atoms with van der Waals surface area (Å²) in [6.07, 6.45) is 10.7. The van der Waals surface area contributed by atoms with Crippen LogP contribution >= 0.6 is 0 Å². The smallest absolute Gasteiger partial charge is 0.329 e. The molecule has 3 fully saturated rings. The predicted molar refractivity (Wildman–Crippen MR) is 251 cm³/mol. The van der Waals surface area contributed by atoms with E-state index in [4.69, 9.17) is 23.7 Å². The third-order valence-electron chi connectivity index (χ3n) is 14.6. The van der Waals surface area contributed by atoms with Crippen LogP contribution in [0.4, 0.5) is 0 Å². The van der Waals surface area contributed by atoms with E-state index in [0.29, 0.717) is 69.8 Å². The third kappa shape index (κ3) is 15.3. The fourth-order valence-electron chi connectivity index (χ4n) is 10.2. The lowest BCUT2D eigenvalue weighted by Crippen LogP contribution is -2.60. The number of methoxy groups -OCH3 is 2. The monoisotopic (exact) mass is 944 g/mol. The van der Waals surface area contributed by atoms with E-state index in [9.17, 15) is 44.4 Å². The average Bonchev–Trinajstić information content (AvgIpc) is 3.30. The average molecular weight is 944 g/mol. The van der Waals surface area contributed by atoms with Crippen LogP contribution in [0.2, 0.25) is 0 Å². The summed E-state index contributed by atoms with van der Waals surface area (Å²) in [6.45, 7) is 12.5. The van der Waals surface area contributed by atoms with Crippen LogP contribution in [0.3, 0.4) is 0 Å².